The molecule has 4 heteroatoms. The van der Waals surface area contributed by atoms with Crippen molar-refractivity contribution >= 4 is 5.91 Å². The van der Waals surface area contributed by atoms with E-state index in [1.165, 1.54) is 0 Å². The highest BCUT2D eigenvalue weighted by atomic mass is 16.5. The molecular weight excluding hydrogens is 228 g/mol. The van der Waals surface area contributed by atoms with Crippen LogP contribution in [0.4, 0.5) is 0 Å². The molecule has 1 aliphatic rings. The van der Waals surface area contributed by atoms with Crippen LogP contribution in [-0.4, -0.2) is 62.1 Å². The number of likely N-dealkylation sites (tertiary alicyclic amines) is 1. The van der Waals surface area contributed by atoms with Gasteiger partial charge in [0.2, 0.25) is 5.91 Å². The number of piperidine rings is 1. The fourth-order valence-electron chi connectivity index (χ4n) is 2.27. The highest BCUT2D eigenvalue weighted by Gasteiger charge is 2.23. The zero-order valence-corrected chi connectivity index (χ0v) is 12.3. The van der Waals surface area contributed by atoms with E-state index in [4.69, 9.17) is 4.74 Å². The Morgan fingerprint density at radius 3 is 2.44 bits per heavy atom. The second kappa shape index (κ2) is 7.74. The Morgan fingerprint density at radius 2 is 1.94 bits per heavy atom. The lowest BCUT2D eigenvalue weighted by atomic mass is 10.0. The molecule has 18 heavy (non-hydrogen) atoms. The van der Waals surface area contributed by atoms with Crippen molar-refractivity contribution in [2.24, 2.45) is 5.92 Å². The molecule has 0 spiro atoms. The Hall–Kier alpha value is -0.610. The smallest absolute Gasteiger partial charge is 0.224 e. The van der Waals surface area contributed by atoms with Gasteiger partial charge in [0.25, 0.3) is 0 Å². The minimum absolute atomic E-state index is 0.246. The van der Waals surface area contributed by atoms with Gasteiger partial charge >= 0.3 is 0 Å². The van der Waals surface area contributed by atoms with Crippen molar-refractivity contribution in [1.82, 2.24) is 9.80 Å². The van der Waals surface area contributed by atoms with Gasteiger partial charge in [-0.1, -0.05) is 13.8 Å². The zero-order valence-electron chi connectivity index (χ0n) is 12.3. The first kappa shape index (κ1) is 15.4. The van der Waals surface area contributed by atoms with Crippen LogP contribution in [0, 0.1) is 5.92 Å². The van der Waals surface area contributed by atoms with E-state index in [9.17, 15) is 4.79 Å². The number of rotatable bonds is 6. The van der Waals surface area contributed by atoms with Crippen molar-refractivity contribution in [2.45, 2.75) is 39.2 Å². The molecule has 1 heterocycles. The van der Waals surface area contributed by atoms with E-state index in [2.05, 4.69) is 32.8 Å². The predicted molar refractivity (Wildman–Crippen MR) is 73.6 cm³/mol. The molecule has 0 N–H and O–H groups in total. The minimum atomic E-state index is 0.246. The molecule has 0 saturated carbocycles. The van der Waals surface area contributed by atoms with Gasteiger partial charge < -0.3 is 14.5 Å². The van der Waals surface area contributed by atoms with Gasteiger partial charge in [-0.3, -0.25) is 4.79 Å². The second-order valence-corrected chi connectivity index (χ2v) is 5.79. The molecule has 0 bridgehead atoms. The molecule has 0 atom stereocenters. The maximum Gasteiger partial charge on any atom is 0.224 e. The highest BCUT2D eigenvalue weighted by Crippen LogP contribution is 2.14. The van der Waals surface area contributed by atoms with Crippen molar-refractivity contribution in [3.05, 3.63) is 0 Å². The summed E-state index contributed by atoms with van der Waals surface area (Å²) in [5.41, 5.74) is 0. The summed E-state index contributed by atoms with van der Waals surface area (Å²) in [6, 6.07) is 0.631. The van der Waals surface area contributed by atoms with Crippen molar-refractivity contribution in [1.29, 1.82) is 0 Å². The van der Waals surface area contributed by atoms with Gasteiger partial charge in [0.1, 0.15) is 0 Å². The monoisotopic (exact) mass is 256 g/mol. The van der Waals surface area contributed by atoms with Gasteiger partial charge in [0.05, 0.1) is 13.0 Å². The molecule has 1 amide bonds. The third-order valence-corrected chi connectivity index (χ3v) is 3.46. The molecule has 0 aromatic heterocycles. The number of nitrogens with zero attached hydrogens (tertiary/aromatic N) is 2. The number of hydrogen-bond acceptors (Lipinski definition) is 3. The maximum atomic E-state index is 12.0. The van der Waals surface area contributed by atoms with E-state index in [-0.39, 0.29) is 5.91 Å². The summed E-state index contributed by atoms with van der Waals surface area (Å²) in [6.07, 6.45) is 2.70. The number of carbonyl (C=O) groups excluding carboxylic acids is 1. The zero-order chi connectivity index (χ0) is 13.5. The van der Waals surface area contributed by atoms with Crippen molar-refractivity contribution < 1.29 is 9.53 Å². The van der Waals surface area contributed by atoms with Crippen LogP contribution in [0.15, 0.2) is 0 Å². The molecule has 4 nitrogen and oxygen atoms in total. The van der Waals surface area contributed by atoms with Gasteiger partial charge in [-0.15, -0.1) is 0 Å². The third kappa shape index (κ3) is 5.36. The summed E-state index contributed by atoms with van der Waals surface area (Å²) < 4.78 is 5.46. The quantitative estimate of drug-likeness (QED) is 0.677. The average Bonchev–Trinajstić information content (AvgIpc) is 2.34. The number of carbonyl (C=O) groups is 1. The average molecular weight is 256 g/mol. The summed E-state index contributed by atoms with van der Waals surface area (Å²) in [6.45, 7) is 7.33. The summed E-state index contributed by atoms with van der Waals surface area (Å²) in [5, 5.41) is 0. The summed E-state index contributed by atoms with van der Waals surface area (Å²) in [5.74, 6) is 0.784. The Kier molecular flexibility index (Phi) is 6.65. The van der Waals surface area contributed by atoms with Crippen LogP contribution in [0.2, 0.25) is 0 Å². The minimum Gasteiger partial charge on any atom is -0.381 e. The Labute approximate surface area is 111 Å². The van der Waals surface area contributed by atoms with Gasteiger partial charge in [-0.25, -0.2) is 0 Å². The standard InChI is InChI=1S/C14H28N2O2/c1-12(2)11-18-10-7-14(17)16-8-5-13(6-9-16)15(3)4/h12-13H,5-11H2,1-4H3. The van der Waals surface area contributed by atoms with Crippen LogP contribution in [-0.2, 0) is 9.53 Å². The van der Waals surface area contributed by atoms with E-state index in [0.29, 0.717) is 25.0 Å². The normalized spacial score (nSPS) is 17.8. The molecule has 1 saturated heterocycles. The lowest BCUT2D eigenvalue weighted by Gasteiger charge is -2.35. The van der Waals surface area contributed by atoms with E-state index >= 15 is 0 Å². The van der Waals surface area contributed by atoms with Crippen LogP contribution in [0.5, 0.6) is 0 Å². The number of hydrogen-bond donors (Lipinski definition) is 0. The number of ether oxygens (including phenoxy) is 1. The highest BCUT2D eigenvalue weighted by molar-refractivity contribution is 5.76. The molecule has 0 aromatic rings. The van der Waals surface area contributed by atoms with Crippen LogP contribution in [0.1, 0.15) is 33.1 Å². The molecule has 0 unspecified atom stereocenters. The summed E-state index contributed by atoms with van der Waals surface area (Å²) in [4.78, 5) is 16.2. The van der Waals surface area contributed by atoms with Gasteiger partial charge in [0, 0.05) is 25.7 Å². The van der Waals surface area contributed by atoms with Crippen LogP contribution in [0.25, 0.3) is 0 Å². The topological polar surface area (TPSA) is 32.8 Å². The van der Waals surface area contributed by atoms with Crippen LogP contribution >= 0.6 is 0 Å². The largest absolute Gasteiger partial charge is 0.381 e. The fourth-order valence-corrected chi connectivity index (χ4v) is 2.27. The molecule has 1 fully saturated rings. The molecule has 0 aliphatic carbocycles. The Morgan fingerprint density at radius 1 is 1.33 bits per heavy atom. The van der Waals surface area contributed by atoms with Crippen LogP contribution in [0.3, 0.4) is 0 Å². The first-order valence-corrected chi connectivity index (χ1v) is 7.02. The first-order chi connectivity index (χ1) is 8.50. The second-order valence-electron chi connectivity index (χ2n) is 5.79. The maximum absolute atomic E-state index is 12.0. The molecule has 0 aromatic carbocycles. The van der Waals surface area contributed by atoms with E-state index < -0.39 is 0 Å². The Balaban J connectivity index is 2.16. The lowest BCUT2D eigenvalue weighted by molar-refractivity contribution is -0.133. The van der Waals surface area contributed by atoms with Crippen molar-refractivity contribution in [3.8, 4) is 0 Å². The lowest BCUT2D eigenvalue weighted by Crippen LogP contribution is -2.44. The van der Waals surface area contributed by atoms with E-state index in [1.807, 2.05) is 4.90 Å². The molecule has 1 aliphatic heterocycles. The van der Waals surface area contributed by atoms with E-state index in [1.54, 1.807) is 0 Å². The summed E-state index contributed by atoms with van der Waals surface area (Å²) >= 11 is 0. The third-order valence-electron chi connectivity index (χ3n) is 3.46. The van der Waals surface area contributed by atoms with Crippen LogP contribution < -0.4 is 0 Å². The van der Waals surface area contributed by atoms with Gasteiger partial charge in [0.15, 0.2) is 0 Å². The number of amides is 1. The SMILES string of the molecule is CC(C)COCCC(=O)N1CCC(N(C)C)CC1. The molecule has 106 valence electrons. The van der Waals surface area contributed by atoms with Crippen molar-refractivity contribution in [2.75, 3.05) is 40.4 Å². The molecule has 0 radical (unpaired) electrons. The fraction of sp³-hybridized carbons (Fsp3) is 0.929. The summed E-state index contributed by atoms with van der Waals surface area (Å²) in [7, 11) is 4.23. The first-order valence-electron chi connectivity index (χ1n) is 7.02. The van der Waals surface area contributed by atoms with Gasteiger partial charge in [-0.2, -0.15) is 0 Å². The van der Waals surface area contributed by atoms with Crippen molar-refractivity contribution in [3.63, 3.8) is 0 Å². The Bertz CT molecular complexity index is 246. The van der Waals surface area contributed by atoms with E-state index in [0.717, 1.165) is 32.5 Å². The molecular formula is C14H28N2O2. The predicted octanol–water partition coefficient (Wildman–Crippen LogP) is 1.60. The molecule has 1 rings (SSSR count). The van der Waals surface area contributed by atoms with Gasteiger partial charge in [-0.05, 0) is 32.9 Å².